The van der Waals surface area contributed by atoms with Gasteiger partial charge in [0.1, 0.15) is 5.82 Å². The summed E-state index contributed by atoms with van der Waals surface area (Å²) < 4.78 is 54.7. The third-order valence-corrected chi connectivity index (χ3v) is 5.02. The van der Waals surface area contributed by atoms with E-state index in [0.29, 0.717) is 4.47 Å². The standard InChI is InChI=1S/C18H11BrClF4NO/c1-9(18(22,23)24)13-8-25(16-14(20)3-2-4-15(16)21)17(26)11-6-5-10(19)7-12(11)13/h2-7,13H,1,8H2. The molecular formula is C18H11BrClF4NO. The number of benzene rings is 2. The van der Waals surface area contributed by atoms with Crippen LogP contribution in [0.4, 0.5) is 23.2 Å². The zero-order valence-electron chi connectivity index (χ0n) is 13.1. The SMILES string of the molecule is C=C(C1CN(c2c(F)cccc2Cl)C(=O)c2ccc(Br)cc21)C(F)(F)F. The molecule has 0 aromatic heterocycles. The van der Waals surface area contributed by atoms with Gasteiger partial charge in [-0.05, 0) is 35.9 Å². The Kier molecular flexibility index (Phi) is 4.88. The molecule has 136 valence electrons. The molecule has 0 radical (unpaired) electrons. The maximum atomic E-state index is 14.3. The Bertz CT molecular complexity index is 892. The molecule has 2 nitrogen and oxygen atoms in total. The number of anilines is 1. The van der Waals surface area contributed by atoms with Crippen molar-refractivity contribution in [3.05, 3.63) is 75.0 Å². The summed E-state index contributed by atoms with van der Waals surface area (Å²) in [5, 5.41) is -0.0599. The summed E-state index contributed by atoms with van der Waals surface area (Å²) in [5.41, 5.74) is -1.01. The second-order valence-electron chi connectivity index (χ2n) is 5.79. The molecular weight excluding hydrogens is 438 g/mol. The predicted molar refractivity (Wildman–Crippen MR) is 95.2 cm³/mol. The number of carbonyl (C=O) groups excluding carboxylic acids is 1. The first-order chi connectivity index (χ1) is 12.1. The summed E-state index contributed by atoms with van der Waals surface area (Å²) in [5.74, 6) is -2.65. The summed E-state index contributed by atoms with van der Waals surface area (Å²) in [4.78, 5) is 13.8. The van der Waals surface area contributed by atoms with E-state index in [4.69, 9.17) is 11.6 Å². The van der Waals surface area contributed by atoms with Crippen molar-refractivity contribution in [3.8, 4) is 0 Å². The van der Waals surface area contributed by atoms with Crippen LogP contribution < -0.4 is 4.90 Å². The highest BCUT2D eigenvalue weighted by Crippen LogP contribution is 2.43. The number of amides is 1. The van der Waals surface area contributed by atoms with Crippen LogP contribution >= 0.6 is 27.5 Å². The van der Waals surface area contributed by atoms with E-state index < -0.39 is 35.9 Å². The van der Waals surface area contributed by atoms with Crippen LogP contribution in [0.25, 0.3) is 0 Å². The summed E-state index contributed by atoms with van der Waals surface area (Å²) >= 11 is 9.22. The molecule has 3 rings (SSSR count). The third kappa shape index (κ3) is 3.25. The van der Waals surface area contributed by atoms with Crippen molar-refractivity contribution in [2.45, 2.75) is 12.1 Å². The van der Waals surface area contributed by atoms with Crippen LogP contribution in [0.2, 0.25) is 5.02 Å². The van der Waals surface area contributed by atoms with Gasteiger partial charge in [0.15, 0.2) is 0 Å². The Morgan fingerprint density at radius 3 is 2.58 bits per heavy atom. The monoisotopic (exact) mass is 447 g/mol. The van der Waals surface area contributed by atoms with E-state index in [1.54, 1.807) is 0 Å². The Hall–Kier alpha value is -1.86. The Morgan fingerprint density at radius 1 is 1.27 bits per heavy atom. The predicted octanol–water partition coefficient (Wildman–Crippen LogP) is 6.10. The van der Waals surface area contributed by atoms with Gasteiger partial charge in [0, 0.05) is 28.1 Å². The van der Waals surface area contributed by atoms with Crippen molar-refractivity contribution in [1.82, 2.24) is 0 Å². The summed E-state index contributed by atoms with van der Waals surface area (Å²) in [7, 11) is 0. The molecule has 1 aliphatic rings. The van der Waals surface area contributed by atoms with Gasteiger partial charge in [0.2, 0.25) is 0 Å². The minimum atomic E-state index is -4.66. The van der Waals surface area contributed by atoms with Gasteiger partial charge >= 0.3 is 6.18 Å². The first kappa shape index (κ1) is 18.9. The number of halogens is 6. The fourth-order valence-corrected chi connectivity index (χ4v) is 3.60. The minimum Gasteiger partial charge on any atom is -0.303 e. The van der Waals surface area contributed by atoms with Crippen LogP contribution in [0.15, 0.2) is 53.0 Å². The van der Waals surface area contributed by atoms with Gasteiger partial charge in [0.25, 0.3) is 5.91 Å². The molecule has 26 heavy (non-hydrogen) atoms. The van der Waals surface area contributed by atoms with Crippen molar-refractivity contribution in [3.63, 3.8) is 0 Å². The smallest absolute Gasteiger partial charge is 0.303 e. The number of nitrogens with zero attached hydrogens (tertiary/aromatic N) is 1. The number of rotatable bonds is 2. The van der Waals surface area contributed by atoms with E-state index in [1.807, 2.05) is 0 Å². The van der Waals surface area contributed by atoms with Crippen LogP contribution in [0, 0.1) is 5.82 Å². The second kappa shape index (κ2) is 6.70. The van der Waals surface area contributed by atoms with Gasteiger partial charge < -0.3 is 4.90 Å². The number of hydrogen-bond acceptors (Lipinski definition) is 1. The number of fused-ring (bicyclic) bond motifs is 1. The normalized spacial score (nSPS) is 17.2. The average molecular weight is 449 g/mol. The number of carbonyl (C=O) groups is 1. The molecule has 1 unspecified atom stereocenters. The lowest BCUT2D eigenvalue weighted by atomic mass is 9.84. The molecule has 8 heteroatoms. The highest BCUT2D eigenvalue weighted by Gasteiger charge is 2.43. The third-order valence-electron chi connectivity index (χ3n) is 4.22. The Morgan fingerprint density at radius 2 is 1.96 bits per heavy atom. The number of hydrogen-bond donors (Lipinski definition) is 0. The molecule has 2 aromatic rings. The molecule has 1 amide bonds. The highest BCUT2D eigenvalue weighted by molar-refractivity contribution is 9.10. The molecule has 0 saturated heterocycles. The van der Waals surface area contributed by atoms with Crippen LogP contribution in [0.5, 0.6) is 0 Å². The van der Waals surface area contributed by atoms with Gasteiger partial charge in [-0.25, -0.2) is 4.39 Å². The lowest BCUT2D eigenvalue weighted by Gasteiger charge is -2.36. The van der Waals surface area contributed by atoms with Gasteiger partial charge in [0.05, 0.1) is 10.7 Å². The summed E-state index contributed by atoms with van der Waals surface area (Å²) in [6.07, 6.45) is -4.66. The lowest BCUT2D eigenvalue weighted by Crippen LogP contribution is -2.42. The van der Waals surface area contributed by atoms with Crippen molar-refractivity contribution in [2.24, 2.45) is 0 Å². The van der Waals surface area contributed by atoms with E-state index in [2.05, 4.69) is 22.5 Å². The molecule has 1 atom stereocenters. The summed E-state index contributed by atoms with van der Waals surface area (Å²) in [6.45, 7) is 2.76. The van der Waals surface area contributed by atoms with Crippen LogP contribution in [-0.4, -0.2) is 18.6 Å². The largest absolute Gasteiger partial charge is 0.412 e. The molecule has 0 aliphatic carbocycles. The zero-order valence-corrected chi connectivity index (χ0v) is 15.4. The molecule has 2 aromatic carbocycles. The fourth-order valence-electron chi connectivity index (χ4n) is 2.96. The Labute approximate surface area is 160 Å². The van der Waals surface area contributed by atoms with Crippen LogP contribution in [0.1, 0.15) is 21.8 Å². The van der Waals surface area contributed by atoms with E-state index >= 15 is 0 Å². The minimum absolute atomic E-state index is 0.0502. The van der Waals surface area contributed by atoms with Crippen LogP contribution in [0.3, 0.4) is 0 Å². The van der Waals surface area contributed by atoms with Gasteiger partial charge in [-0.2, -0.15) is 13.2 Å². The zero-order chi connectivity index (χ0) is 19.2. The fraction of sp³-hybridized carbons (Fsp3) is 0.167. The van der Waals surface area contributed by atoms with Gasteiger partial charge in [-0.15, -0.1) is 0 Å². The van der Waals surface area contributed by atoms with Crippen molar-refractivity contribution < 1.29 is 22.4 Å². The van der Waals surface area contributed by atoms with E-state index in [1.165, 1.54) is 30.3 Å². The molecule has 1 aliphatic heterocycles. The maximum Gasteiger partial charge on any atom is 0.412 e. The first-order valence-corrected chi connectivity index (χ1v) is 8.59. The first-order valence-electron chi connectivity index (χ1n) is 7.42. The molecule has 0 bridgehead atoms. The second-order valence-corrected chi connectivity index (χ2v) is 7.12. The Balaban J connectivity index is 2.19. The topological polar surface area (TPSA) is 20.3 Å². The average Bonchev–Trinajstić information content (AvgIpc) is 2.55. The lowest BCUT2D eigenvalue weighted by molar-refractivity contribution is -0.0953. The van der Waals surface area contributed by atoms with E-state index in [0.717, 1.165) is 11.0 Å². The number of para-hydroxylation sites is 1. The molecule has 0 spiro atoms. The van der Waals surface area contributed by atoms with Crippen molar-refractivity contribution in [2.75, 3.05) is 11.4 Å². The van der Waals surface area contributed by atoms with Crippen molar-refractivity contribution in [1.29, 1.82) is 0 Å². The van der Waals surface area contributed by atoms with Crippen LogP contribution in [-0.2, 0) is 0 Å². The van der Waals surface area contributed by atoms with E-state index in [9.17, 15) is 22.4 Å². The summed E-state index contributed by atoms with van der Waals surface area (Å²) in [6, 6.07) is 8.22. The molecule has 1 heterocycles. The van der Waals surface area contributed by atoms with E-state index in [-0.39, 0.29) is 21.8 Å². The molecule has 0 N–H and O–H groups in total. The molecule has 0 saturated carbocycles. The number of alkyl halides is 3. The maximum absolute atomic E-state index is 14.3. The van der Waals surface area contributed by atoms with Gasteiger partial charge in [-0.3, -0.25) is 4.79 Å². The highest BCUT2D eigenvalue weighted by atomic mass is 79.9. The quantitative estimate of drug-likeness (QED) is 0.401. The van der Waals surface area contributed by atoms with Crippen molar-refractivity contribution >= 4 is 39.1 Å². The molecule has 0 fully saturated rings. The van der Waals surface area contributed by atoms with Gasteiger partial charge in [-0.1, -0.05) is 40.2 Å².